The zero-order chi connectivity index (χ0) is 16.2. The summed E-state index contributed by atoms with van der Waals surface area (Å²) < 4.78 is 11.8. The second-order valence-electron chi connectivity index (χ2n) is 6.92. The second-order valence-corrected chi connectivity index (χ2v) is 6.92. The van der Waals surface area contributed by atoms with E-state index < -0.39 is 0 Å². The molecular formula is C18H29NO4. The third-order valence-corrected chi connectivity index (χ3v) is 5.23. The van der Waals surface area contributed by atoms with Crippen molar-refractivity contribution in [1.29, 1.82) is 0 Å². The molecule has 0 aromatic rings. The van der Waals surface area contributed by atoms with Crippen LogP contribution in [0, 0.1) is 17.8 Å². The summed E-state index contributed by atoms with van der Waals surface area (Å²) >= 11 is 0. The van der Waals surface area contributed by atoms with Gasteiger partial charge >= 0.3 is 0 Å². The van der Waals surface area contributed by atoms with Gasteiger partial charge in [0, 0.05) is 32.2 Å². The number of ether oxygens (including phenoxy) is 2. The second kappa shape index (κ2) is 7.67. The van der Waals surface area contributed by atoms with Crippen LogP contribution in [0.15, 0.2) is 11.8 Å². The summed E-state index contributed by atoms with van der Waals surface area (Å²) in [5.41, 5.74) is 0. The van der Waals surface area contributed by atoms with Crippen LogP contribution in [0.2, 0.25) is 0 Å². The number of nitrogens with zero attached hydrogens (tertiary/aromatic N) is 1. The van der Waals surface area contributed by atoms with Crippen molar-refractivity contribution in [2.45, 2.75) is 51.7 Å². The van der Waals surface area contributed by atoms with Crippen molar-refractivity contribution in [3.8, 4) is 0 Å². The molecule has 23 heavy (non-hydrogen) atoms. The van der Waals surface area contributed by atoms with E-state index in [4.69, 9.17) is 9.47 Å². The lowest BCUT2D eigenvalue weighted by Crippen LogP contribution is -2.41. The Morgan fingerprint density at radius 2 is 2.13 bits per heavy atom. The highest BCUT2D eigenvalue weighted by Gasteiger charge is 2.44. The van der Waals surface area contributed by atoms with Gasteiger partial charge in [-0.05, 0) is 63.4 Å². The predicted molar refractivity (Wildman–Crippen MR) is 86.4 cm³/mol. The first-order valence-corrected chi connectivity index (χ1v) is 9.14. The van der Waals surface area contributed by atoms with Gasteiger partial charge in [0.2, 0.25) is 6.29 Å². The topological polar surface area (TPSA) is 59.0 Å². The number of carbonyl (C=O) groups excluding carboxylic acids is 1. The van der Waals surface area contributed by atoms with Gasteiger partial charge in [0.25, 0.3) is 5.91 Å². The van der Waals surface area contributed by atoms with E-state index in [1.807, 2.05) is 11.8 Å². The Morgan fingerprint density at radius 1 is 1.39 bits per heavy atom. The molecule has 130 valence electrons. The Hall–Kier alpha value is -1.07. The summed E-state index contributed by atoms with van der Waals surface area (Å²) in [6, 6.07) is 0. The number of rotatable bonds is 7. The van der Waals surface area contributed by atoms with Gasteiger partial charge in [-0.2, -0.15) is 0 Å². The molecule has 0 radical (unpaired) electrons. The molecule has 0 bridgehead atoms. The van der Waals surface area contributed by atoms with Gasteiger partial charge in [0.05, 0.1) is 0 Å². The Bertz CT molecular complexity index is 440. The van der Waals surface area contributed by atoms with Crippen molar-refractivity contribution < 1.29 is 19.4 Å². The molecule has 3 rings (SSSR count). The van der Waals surface area contributed by atoms with Crippen molar-refractivity contribution in [3.63, 3.8) is 0 Å². The SMILES string of the molecule is CCO[C@H]1OC(C(=O)N2CCCC2)=C[C@@H](C2CC2)[C@H]1CCCO. The van der Waals surface area contributed by atoms with Crippen LogP contribution in [0.3, 0.4) is 0 Å². The number of amides is 1. The molecule has 3 atom stereocenters. The molecule has 3 aliphatic rings. The van der Waals surface area contributed by atoms with Crippen LogP contribution in [-0.2, 0) is 14.3 Å². The Balaban J connectivity index is 1.78. The molecule has 5 nitrogen and oxygen atoms in total. The van der Waals surface area contributed by atoms with Crippen LogP contribution in [0.4, 0.5) is 0 Å². The molecule has 0 aromatic heterocycles. The third-order valence-electron chi connectivity index (χ3n) is 5.23. The summed E-state index contributed by atoms with van der Waals surface area (Å²) in [5.74, 6) is 1.74. The first kappa shape index (κ1) is 16.8. The number of aliphatic hydroxyl groups excluding tert-OH is 1. The lowest BCUT2D eigenvalue weighted by atomic mass is 9.82. The largest absolute Gasteiger partial charge is 0.459 e. The molecular weight excluding hydrogens is 294 g/mol. The molecule has 1 saturated heterocycles. The van der Waals surface area contributed by atoms with E-state index in [-0.39, 0.29) is 24.7 Å². The van der Waals surface area contributed by atoms with Crippen LogP contribution >= 0.6 is 0 Å². The van der Waals surface area contributed by atoms with Crippen LogP contribution in [-0.4, -0.2) is 48.5 Å². The normalized spacial score (nSPS) is 31.0. The molecule has 1 amide bonds. The van der Waals surface area contributed by atoms with E-state index in [0.717, 1.165) is 38.8 Å². The molecule has 0 unspecified atom stereocenters. The smallest absolute Gasteiger partial charge is 0.288 e. The zero-order valence-electron chi connectivity index (χ0n) is 14.1. The summed E-state index contributed by atoms with van der Waals surface area (Å²) in [6.07, 6.45) is 7.95. The molecule has 2 aliphatic heterocycles. The fourth-order valence-electron chi connectivity index (χ4n) is 3.87. The van der Waals surface area contributed by atoms with Gasteiger partial charge in [-0.25, -0.2) is 0 Å². The van der Waals surface area contributed by atoms with Gasteiger partial charge in [-0.1, -0.05) is 0 Å². The minimum absolute atomic E-state index is 0.0264. The molecule has 2 fully saturated rings. The van der Waals surface area contributed by atoms with Gasteiger partial charge in [0.15, 0.2) is 5.76 Å². The van der Waals surface area contributed by atoms with E-state index >= 15 is 0 Å². The highest BCUT2D eigenvalue weighted by Crippen LogP contribution is 2.47. The number of aliphatic hydroxyl groups is 1. The Labute approximate surface area is 138 Å². The third kappa shape index (κ3) is 3.89. The summed E-state index contributed by atoms with van der Waals surface area (Å²) in [6.45, 7) is 4.39. The predicted octanol–water partition coefficient (Wildman–Crippen LogP) is 2.30. The average Bonchev–Trinajstić information content (AvgIpc) is 3.26. The van der Waals surface area contributed by atoms with Gasteiger partial charge in [-0.15, -0.1) is 0 Å². The molecule has 0 aromatic carbocycles. The van der Waals surface area contributed by atoms with Crippen molar-refractivity contribution in [2.24, 2.45) is 17.8 Å². The summed E-state index contributed by atoms with van der Waals surface area (Å²) in [7, 11) is 0. The standard InChI is InChI=1S/C18H29NO4/c1-2-22-18-14(6-5-11-20)15(13-7-8-13)12-16(23-18)17(21)19-9-3-4-10-19/h12-15,18,20H,2-11H2,1H3/t14-,15+,18+/m1/s1. The maximum absolute atomic E-state index is 12.7. The minimum Gasteiger partial charge on any atom is -0.459 e. The van der Waals surface area contributed by atoms with Crippen LogP contribution in [0.1, 0.15) is 45.4 Å². The van der Waals surface area contributed by atoms with Crippen molar-refractivity contribution in [2.75, 3.05) is 26.3 Å². The quantitative estimate of drug-likeness (QED) is 0.781. The minimum atomic E-state index is -0.358. The van der Waals surface area contributed by atoms with E-state index in [9.17, 15) is 9.90 Å². The number of hydrogen-bond acceptors (Lipinski definition) is 4. The van der Waals surface area contributed by atoms with Crippen LogP contribution in [0.5, 0.6) is 0 Å². The highest BCUT2D eigenvalue weighted by molar-refractivity contribution is 5.91. The molecule has 1 N–H and O–H groups in total. The fraction of sp³-hybridized carbons (Fsp3) is 0.833. The molecule has 1 aliphatic carbocycles. The highest BCUT2D eigenvalue weighted by atomic mass is 16.7. The maximum atomic E-state index is 12.7. The number of hydrogen-bond donors (Lipinski definition) is 1. The number of likely N-dealkylation sites (tertiary alicyclic amines) is 1. The monoisotopic (exact) mass is 323 g/mol. The van der Waals surface area contributed by atoms with Crippen LogP contribution < -0.4 is 0 Å². The zero-order valence-corrected chi connectivity index (χ0v) is 14.1. The first-order valence-electron chi connectivity index (χ1n) is 9.14. The number of allylic oxidation sites excluding steroid dienone is 1. The van der Waals surface area contributed by atoms with Gasteiger partial charge in [0.1, 0.15) is 0 Å². The van der Waals surface area contributed by atoms with Crippen molar-refractivity contribution in [1.82, 2.24) is 4.90 Å². The van der Waals surface area contributed by atoms with Crippen LogP contribution in [0.25, 0.3) is 0 Å². The summed E-state index contributed by atoms with van der Waals surface area (Å²) in [5, 5.41) is 9.18. The van der Waals surface area contributed by atoms with Gasteiger partial charge in [-0.3, -0.25) is 4.79 Å². The molecule has 0 spiro atoms. The van der Waals surface area contributed by atoms with E-state index in [1.165, 1.54) is 12.8 Å². The average molecular weight is 323 g/mol. The van der Waals surface area contributed by atoms with E-state index in [1.54, 1.807) is 0 Å². The number of carbonyl (C=O) groups is 1. The van der Waals surface area contributed by atoms with Crippen molar-refractivity contribution in [3.05, 3.63) is 11.8 Å². The van der Waals surface area contributed by atoms with Crippen molar-refractivity contribution >= 4 is 5.91 Å². The maximum Gasteiger partial charge on any atom is 0.288 e. The van der Waals surface area contributed by atoms with E-state index in [2.05, 4.69) is 6.08 Å². The lowest BCUT2D eigenvalue weighted by Gasteiger charge is -2.37. The lowest BCUT2D eigenvalue weighted by molar-refractivity contribution is -0.176. The first-order chi connectivity index (χ1) is 11.2. The molecule has 1 saturated carbocycles. The van der Waals surface area contributed by atoms with Gasteiger partial charge < -0.3 is 19.5 Å². The summed E-state index contributed by atoms with van der Waals surface area (Å²) in [4.78, 5) is 14.6. The fourth-order valence-corrected chi connectivity index (χ4v) is 3.87. The molecule has 2 heterocycles. The van der Waals surface area contributed by atoms with E-state index in [0.29, 0.717) is 24.2 Å². The Kier molecular flexibility index (Phi) is 5.59. The molecule has 5 heteroatoms. The Morgan fingerprint density at radius 3 is 2.74 bits per heavy atom.